The van der Waals surface area contributed by atoms with E-state index in [2.05, 4.69) is 20.3 Å². The van der Waals surface area contributed by atoms with Crippen LogP contribution in [0.1, 0.15) is 22.1 Å². The summed E-state index contributed by atoms with van der Waals surface area (Å²) in [7, 11) is 0. The maximum atomic E-state index is 13.6. The first-order chi connectivity index (χ1) is 13.9. The molecule has 4 aromatic rings. The van der Waals surface area contributed by atoms with Gasteiger partial charge < -0.3 is 5.32 Å². The van der Waals surface area contributed by atoms with Crippen LogP contribution in [0.2, 0.25) is 0 Å². The molecule has 0 aliphatic carbocycles. The zero-order chi connectivity index (χ0) is 20.4. The van der Waals surface area contributed by atoms with E-state index in [0.717, 1.165) is 6.20 Å². The Kier molecular flexibility index (Phi) is 4.71. The Bertz CT molecular complexity index is 1140. The molecule has 0 bridgehead atoms. The number of amides is 1. The van der Waals surface area contributed by atoms with Gasteiger partial charge in [-0.25, -0.2) is 4.98 Å². The van der Waals surface area contributed by atoms with Gasteiger partial charge in [0.25, 0.3) is 5.91 Å². The van der Waals surface area contributed by atoms with Crippen molar-refractivity contribution < 1.29 is 18.0 Å². The summed E-state index contributed by atoms with van der Waals surface area (Å²) < 4.78 is 42.4. The fraction of sp³-hybridized carbons (Fsp3) is 0.100. The molecular weight excluding hydrogens is 383 g/mol. The summed E-state index contributed by atoms with van der Waals surface area (Å²) in [5.41, 5.74) is 0.746. The standard InChI is InChI=1S/C20H14F3N5O/c21-20(22,23)17(13-5-3-8-24-11-13)27-19(29)16-15-7-1-2-10-28(15)18(26-16)14-6-4-9-25-12-14/h1-12,17H,(H,27,29). The highest BCUT2D eigenvalue weighted by Gasteiger charge is 2.42. The van der Waals surface area contributed by atoms with E-state index in [1.165, 1.54) is 18.3 Å². The normalized spacial score (nSPS) is 12.7. The van der Waals surface area contributed by atoms with Crippen molar-refractivity contribution in [3.05, 3.63) is 84.7 Å². The molecule has 1 N–H and O–H groups in total. The lowest BCUT2D eigenvalue weighted by Gasteiger charge is -2.21. The van der Waals surface area contributed by atoms with Crippen LogP contribution in [0.15, 0.2) is 73.4 Å². The summed E-state index contributed by atoms with van der Waals surface area (Å²) in [6.45, 7) is 0. The Balaban J connectivity index is 1.76. The van der Waals surface area contributed by atoms with E-state index < -0.39 is 18.1 Å². The fourth-order valence-corrected chi connectivity index (χ4v) is 3.00. The van der Waals surface area contributed by atoms with Gasteiger partial charge in [-0.1, -0.05) is 12.1 Å². The Labute approximate surface area is 163 Å². The van der Waals surface area contributed by atoms with E-state index in [1.54, 1.807) is 53.3 Å². The number of nitrogens with one attached hydrogen (secondary N) is 1. The van der Waals surface area contributed by atoms with Gasteiger partial charge in [-0.05, 0) is 30.3 Å². The number of aromatic nitrogens is 4. The molecular formula is C20H14F3N5O. The molecule has 1 unspecified atom stereocenters. The number of carbonyl (C=O) groups is 1. The third-order valence-electron chi connectivity index (χ3n) is 4.30. The molecule has 0 fully saturated rings. The highest BCUT2D eigenvalue weighted by Crippen LogP contribution is 2.33. The Morgan fingerprint density at radius 1 is 1.00 bits per heavy atom. The van der Waals surface area contributed by atoms with Crippen LogP contribution in [0.25, 0.3) is 16.9 Å². The Morgan fingerprint density at radius 2 is 1.76 bits per heavy atom. The van der Waals surface area contributed by atoms with E-state index >= 15 is 0 Å². The summed E-state index contributed by atoms with van der Waals surface area (Å²) in [5, 5.41) is 2.05. The third-order valence-corrected chi connectivity index (χ3v) is 4.30. The van der Waals surface area contributed by atoms with Crippen LogP contribution in [0.4, 0.5) is 13.2 Å². The molecule has 1 atom stereocenters. The third kappa shape index (κ3) is 3.66. The van der Waals surface area contributed by atoms with Gasteiger partial charge in [-0.15, -0.1) is 0 Å². The number of fused-ring (bicyclic) bond motifs is 1. The number of imidazole rings is 1. The number of hydrogen-bond acceptors (Lipinski definition) is 4. The maximum Gasteiger partial charge on any atom is 0.412 e. The SMILES string of the molecule is O=C(NC(c1cccnc1)C(F)(F)F)c1nc(-c2cccnc2)n2ccccc12. The van der Waals surface area contributed by atoms with Gasteiger partial charge in [0.1, 0.15) is 5.82 Å². The maximum absolute atomic E-state index is 13.6. The molecule has 4 rings (SSSR count). The topological polar surface area (TPSA) is 72.2 Å². The summed E-state index contributed by atoms with van der Waals surface area (Å²) >= 11 is 0. The van der Waals surface area contributed by atoms with Crippen LogP contribution in [-0.2, 0) is 0 Å². The molecule has 0 saturated carbocycles. The van der Waals surface area contributed by atoms with Gasteiger partial charge in [0.05, 0.1) is 5.52 Å². The van der Waals surface area contributed by atoms with Crippen LogP contribution >= 0.6 is 0 Å². The van der Waals surface area contributed by atoms with Gasteiger partial charge in [0.15, 0.2) is 11.7 Å². The van der Waals surface area contributed by atoms with Crippen molar-refractivity contribution >= 4 is 11.4 Å². The van der Waals surface area contributed by atoms with Gasteiger partial charge in [0.2, 0.25) is 0 Å². The van der Waals surface area contributed by atoms with Crippen molar-refractivity contribution in [1.29, 1.82) is 0 Å². The number of alkyl halides is 3. The van der Waals surface area contributed by atoms with Crippen LogP contribution in [0, 0.1) is 0 Å². The van der Waals surface area contributed by atoms with Crippen LogP contribution in [-0.4, -0.2) is 31.4 Å². The van der Waals surface area contributed by atoms with E-state index in [-0.39, 0.29) is 11.3 Å². The zero-order valence-electron chi connectivity index (χ0n) is 14.8. The van der Waals surface area contributed by atoms with Crippen molar-refractivity contribution in [3.63, 3.8) is 0 Å². The molecule has 29 heavy (non-hydrogen) atoms. The fourth-order valence-electron chi connectivity index (χ4n) is 3.00. The number of pyridine rings is 3. The Morgan fingerprint density at radius 3 is 2.41 bits per heavy atom. The van der Waals surface area contributed by atoms with E-state index in [1.807, 2.05) is 0 Å². The molecule has 146 valence electrons. The molecule has 0 spiro atoms. The first-order valence-electron chi connectivity index (χ1n) is 8.60. The molecule has 4 aromatic heterocycles. The first kappa shape index (κ1) is 18.6. The minimum atomic E-state index is -4.69. The lowest BCUT2D eigenvalue weighted by Crippen LogP contribution is -2.38. The van der Waals surface area contributed by atoms with Crippen molar-refractivity contribution in [2.75, 3.05) is 0 Å². The molecule has 6 nitrogen and oxygen atoms in total. The number of rotatable bonds is 4. The smallest absolute Gasteiger partial charge is 0.335 e. The Hall–Kier alpha value is -3.75. The predicted octanol–water partition coefficient (Wildman–Crippen LogP) is 3.82. The van der Waals surface area contributed by atoms with Gasteiger partial charge in [0, 0.05) is 42.1 Å². The molecule has 0 aromatic carbocycles. The monoisotopic (exact) mass is 397 g/mol. The average molecular weight is 397 g/mol. The second-order valence-corrected chi connectivity index (χ2v) is 6.22. The quantitative estimate of drug-likeness (QED) is 0.568. The minimum Gasteiger partial charge on any atom is -0.335 e. The number of hydrogen-bond donors (Lipinski definition) is 1. The summed E-state index contributed by atoms with van der Waals surface area (Å²) in [6.07, 6.45) is 2.59. The number of carbonyl (C=O) groups excluding carboxylic acids is 1. The van der Waals surface area contributed by atoms with Gasteiger partial charge >= 0.3 is 6.18 Å². The summed E-state index contributed by atoms with van der Waals surface area (Å²) in [5.74, 6) is -0.529. The first-order valence-corrected chi connectivity index (χ1v) is 8.60. The second kappa shape index (κ2) is 7.34. The highest BCUT2D eigenvalue weighted by atomic mass is 19.4. The molecule has 0 radical (unpaired) electrons. The van der Waals surface area contributed by atoms with Gasteiger partial charge in [-0.3, -0.25) is 19.2 Å². The van der Waals surface area contributed by atoms with Crippen LogP contribution < -0.4 is 5.32 Å². The molecule has 9 heteroatoms. The van der Waals surface area contributed by atoms with Crippen molar-refractivity contribution in [2.45, 2.75) is 12.2 Å². The molecule has 4 heterocycles. The summed E-state index contributed by atoms with van der Waals surface area (Å²) in [6, 6.07) is 8.95. The molecule has 0 aliphatic rings. The average Bonchev–Trinajstić information content (AvgIpc) is 3.12. The minimum absolute atomic E-state index is 0.109. The molecule has 0 saturated heterocycles. The lowest BCUT2D eigenvalue weighted by atomic mass is 10.1. The largest absolute Gasteiger partial charge is 0.412 e. The number of nitrogens with zero attached hydrogens (tertiary/aromatic N) is 4. The van der Waals surface area contributed by atoms with Crippen LogP contribution in [0.3, 0.4) is 0 Å². The van der Waals surface area contributed by atoms with E-state index in [9.17, 15) is 18.0 Å². The van der Waals surface area contributed by atoms with Crippen LogP contribution in [0.5, 0.6) is 0 Å². The van der Waals surface area contributed by atoms with Crippen molar-refractivity contribution in [1.82, 2.24) is 24.7 Å². The number of halogens is 3. The van der Waals surface area contributed by atoms with E-state index in [0.29, 0.717) is 16.9 Å². The van der Waals surface area contributed by atoms with Crippen molar-refractivity contribution in [2.24, 2.45) is 0 Å². The highest BCUT2D eigenvalue weighted by molar-refractivity contribution is 6.00. The van der Waals surface area contributed by atoms with Crippen molar-refractivity contribution in [3.8, 4) is 11.4 Å². The zero-order valence-corrected chi connectivity index (χ0v) is 14.8. The second-order valence-electron chi connectivity index (χ2n) is 6.22. The lowest BCUT2D eigenvalue weighted by molar-refractivity contribution is -0.155. The summed E-state index contributed by atoms with van der Waals surface area (Å²) in [4.78, 5) is 24.9. The molecule has 1 amide bonds. The predicted molar refractivity (Wildman–Crippen MR) is 98.9 cm³/mol. The van der Waals surface area contributed by atoms with Gasteiger partial charge in [-0.2, -0.15) is 13.2 Å². The molecule has 0 aliphatic heterocycles. The van der Waals surface area contributed by atoms with E-state index in [4.69, 9.17) is 0 Å².